The molecule has 1 atom stereocenters. The van der Waals surface area contributed by atoms with Gasteiger partial charge in [0.1, 0.15) is 6.54 Å². The molecule has 1 N–H and O–H groups in total. The van der Waals surface area contributed by atoms with Crippen LogP contribution in [0.4, 0.5) is 4.79 Å². The van der Waals surface area contributed by atoms with Crippen molar-refractivity contribution in [2.45, 2.75) is 57.9 Å². The van der Waals surface area contributed by atoms with E-state index in [-0.39, 0.29) is 18.6 Å². The molecule has 2 amide bonds. The molecular weight excluding hydrogens is 256 g/mol. The molecule has 0 bridgehead atoms. The second kappa shape index (κ2) is 6.95. The van der Waals surface area contributed by atoms with Crippen molar-refractivity contribution >= 4 is 12.0 Å². The number of aliphatic carboxylic acids is 1. The highest BCUT2D eigenvalue weighted by atomic mass is 16.4. The molecule has 20 heavy (non-hydrogen) atoms. The summed E-state index contributed by atoms with van der Waals surface area (Å²) in [4.78, 5) is 27.2. The van der Waals surface area contributed by atoms with Gasteiger partial charge in [0.05, 0.1) is 0 Å². The molecule has 0 radical (unpaired) electrons. The number of hydrogen-bond acceptors (Lipinski definition) is 2. The molecule has 1 saturated carbocycles. The molecule has 5 heteroatoms. The summed E-state index contributed by atoms with van der Waals surface area (Å²) in [6.07, 6.45) is 7.31. The Hall–Kier alpha value is -1.26. The fourth-order valence-electron chi connectivity index (χ4n) is 3.35. The first kappa shape index (κ1) is 15.1. The van der Waals surface area contributed by atoms with Gasteiger partial charge in [-0.2, -0.15) is 0 Å². The zero-order valence-electron chi connectivity index (χ0n) is 12.4. The lowest BCUT2D eigenvalue weighted by molar-refractivity contribution is -0.138. The number of likely N-dealkylation sites (tertiary alicyclic amines) is 1. The number of nitrogens with zero attached hydrogens (tertiary/aromatic N) is 2. The van der Waals surface area contributed by atoms with Gasteiger partial charge in [-0.15, -0.1) is 0 Å². The van der Waals surface area contributed by atoms with Crippen molar-refractivity contribution in [1.82, 2.24) is 9.80 Å². The van der Waals surface area contributed by atoms with E-state index < -0.39 is 5.97 Å². The number of rotatable bonds is 3. The van der Waals surface area contributed by atoms with Crippen molar-refractivity contribution in [2.24, 2.45) is 5.92 Å². The highest BCUT2D eigenvalue weighted by Gasteiger charge is 2.31. The molecule has 2 aliphatic rings. The number of amides is 2. The molecule has 1 saturated heterocycles. The van der Waals surface area contributed by atoms with Crippen LogP contribution in [0, 0.1) is 5.92 Å². The molecule has 0 aromatic heterocycles. The second-order valence-electron chi connectivity index (χ2n) is 6.27. The zero-order valence-corrected chi connectivity index (χ0v) is 12.4. The standard InChI is InChI=1S/C15H26N2O3/c1-12-5-4-9-16(10-8-12)15(20)17(11-14(18)19)13-6-2-3-7-13/h12-13H,2-11H2,1H3,(H,18,19). The summed E-state index contributed by atoms with van der Waals surface area (Å²) in [5.41, 5.74) is 0. The Balaban J connectivity index is 2.02. The normalized spacial score (nSPS) is 24.4. The highest BCUT2D eigenvalue weighted by molar-refractivity contribution is 5.80. The second-order valence-corrected chi connectivity index (χ2v) is 6.27. The molecule has 1 unspecified atom stereocenters. The summed E-state index contributed by atoms with van der Waals surface area (Å²) in [6, 6.07) is 0.0627. The van der Waals surface area contributed by atoms with Gasteiger partial charge in [-0.1, -0.05) is 19.8 Å². The van der Waals surface area contributed by atoms with E-state index in [2.05, 4.69) is 6.92 Å². The van der Waals surface area contributed by atoms with Crippen LogP contribution < -0.4 is 0 Å². The smallest absolute Gasteiger partial charge is 0.323 e. The van der Waals surface area contributed by atoms with E-state index in [1.54, 1.807) is 4.90 Å². The molecule has 2 fully saturated rings. The Kier molecular flexibility index (Phi) is 5.26. The first-order valence-corrected chi connectivity index (χ1v) is 7.85. The van der Waals surface area contributed by atoms with E-state index in [9.17, 15) is 9.59 Å². The molecule has 0 aromatic carbocycles. The van der Waals surface area contributed by atoms with E-state index in [0.29, 0.717) is 5.92 Å². The fraction of sp³-hybridized carbons (Fsp3) is 0.867. The summed E-state index contributed by atoms with van der Waals surface area (Å²) in [6.45, 7) is 3.60. The lowest BCUT2D eigenvalue weighted by atomic mass is 10.0. The minimum Gasteiger partial charge on any atom is -0.480 e. The molecule has 0 aromatic rings. The van der Waals surface area contributed by atoms with Gasteiger partial charge in [-0.05, 0) is 38.0 Å². The molecule has 2 rings (SSSR count). The van der Waals surface area contributed by atoms with Crippen LogP contribution in [-0.4, -0.2) is 52.6 Å². The van der Waals surface area contributed by atoms with E-state index in [0.717, 1.165) is 58.0 Å². The van der Waals surface area contributed by atoms with Crippen LogP contribution in [0.1, 0.15) is 51.9 Å². The van der Waals surface area contributed by atoms with Gasteiger partial charge in [-0.3, -0.25) is 4.79 Å². The molecular formula is C15H26N2O3. The minimum absolute atomic E-state index is 0.0617. The van der Waals surface area contributed by atoms with Crippen molar-refractivity contribution in [3.05, 3.63) is 0 Å². The molecule has 5 nitrogen and oxygen atoms in total. The Morgan fingerprint density at radius 2 is 1.80 bits per heavy atom. The number of carbonyl (C=O) groups excluding carboxylic acids is 1. The predicted octanol–water partition coefficient (Wildman–Crippen LogP) is 2.56. The largest absolute Gasteiger partial charge is 0.480 e. The van der Waals surface area contributed by atoms with Gasteiger partial charge in [0.2, 0.25) is 0 Å². The molecule has 114 valence electrons. The number of hydrogen-bond donors (Lipinski definition) is 1. The lowest BCUT2D eigenvalue weighted by Crippen LogP contribution is -2.49. The van der Waals surface area contributed by atoms with Crippen LogP contribution in [0.15, 0.2) is 0 Å². The van der Waals surface area contributed by atoms with Crippen LogP contribution in [0.2, 0.25) is 0 Å². The summed E-state index contributed by atoms with van der Waals surface area (Å²) in [5.74, 6) is -0.249. The first-order chi connectivity index (χ1) is 9.58. The molecule has 1 heterocycles. The van der Waals surface area contributed by atoms with Crippen LogP contribution >= 0.6 is 0 Å². The van der Waals surface area contributed by atoms with Gasteiger partial charge < -0.3 is 14.9 Å². The quantitative estimate of drug-likeness (QED) is 0.865. The lowest BCUT2D eigenvalue weighted by Gasteiger charge is -2.33. The average molecular weight is 282 g/mol. The number of urea groups is 1. The summed E-state index contributed by atoms with van der Waals surface area (Å²) < 4.78 is 0. The fourth-order valence-corrected chi connectivity index (χ4v) is 3.35. The first-order valence-electron chi connectivity index (χ1n) is 7.85. The van der Waals surface area contributed by atoms with Gasteiger partial charge in [-0.25, -0.2) is 4.79 Å². The van der Waals surface area contributed by atoms with Crippen molar-refractivity contribution in [3.8, 4) is 0 Å². The topological polar surface area (TPSA) is 60.9 Å². The Morgan fingerprint density at radius 3 is 2.45 bits per heavy atom. The zero-order chi connectivity index (χ0) is 14.5. The molecule has 0 spiro atoms. The van der Waals surface area contributed by atoms with E-state index >= 15 is 0 Å². The third kappa shape index (κ3) is 3.87. The Morgan fingerprint density at radius 1 is 1.10 bits per heavy atom. The Bertz CT molecular complexity index is 353. The average Bonchev–Trinajstić information content (AvgIpc) is 2.84. The maximum Gasteiger partial charge on any atom is 0.323 e. The molecule has 1 aliphatic carbocycles. The van der Waals surface area contributed by atoms with Crippen LogP contribution in [-0.2, 0) is 4.79 Å². The summed E-state index contributed by atoms with van der Waals surface area (Å²) in [5, 5.41) is 9.08. The number of carboxylic acid groups (broad SMARTS) is 1. The van der Waals surface area contributed by atoms with Gasteiger partial charge in [0.15, 0.2) is 0 Å². The SMILES string of the molecule is CC1CCCN(C(=O)N(CC(=O)O)C2CCCC2)CC1. The monoisotopic (exact) mass is 282 g/mol. The van der Waals surface area contributed by atoms with Crippen molar-refractivity contribution in [3.63, 3.8) is 0 Å². The highest BCUT2D eigenvalue weighted by Crippen LogP contribution is 2.25. The van der Waals surface area contributed by atoms with Crippen LogP contribution in [0.5, 0.6) is 0 Å². The van der Waals surface area contributed by atoms with Crippen LogP contribution in [0.25, 0.3) is 0 Å². The summed E-state index contributed by atoms with van der Waals surface area (Å²) in [7, 11) is 0. The summed E-state index contributed by atoms with van der Waals surface area (Å²) >= 11 is 0. The predicted molar refractivity (Wildman–Crippen MR) is 76.6 cm³/mol. The number of carbonyl (C=O) groups is 2. The third-order valence-corrected chi connectivity index (χ3v) is 4.60. The van der Waals surface area contributed by atoms with Crippen molar-refractivity contribution in [1.29, 1.82) is 0 Å². The van der Waals surface area contributed by atoms with Crippen LogP contribution in [0.3, 0.4) is 0 Å². The Labute approximate surface area is 120 Å². The van der Waals surface area contributed by atoms with E-state index in [4.69, 9.17) is 5.11 Å². The van der Waals surface area contributed by atoms with Gasteiger partial charge in [0.25, 0.3) is 0 Å². The van der Waals surface area contributed by atoms with Crippen molar-refractivity contribution in [2.75, 3.05) is 19.6 Å². The van der Waals surface area contributed by atoms with Crippen molar-refractivity contribution < 1.29 is 14.7 Å². The third-order valence-electron chi connectivity index (χ3n) is 4.60. The molecule has 1 aliphatic heterocycles. The van der Waals surface area contributed by atoms with E-state index in [1.165, 1.54) is 0 Å². The van der Waals surface area contributed by atoms with E-state index in [1.807, 2.05) is 4.90 Å². The van der Waals surface area contributed by atoms with Gasteiger partial charge in [0, 0.05) is 19.1 Å². The number of carboxylic acids is 1. The van der Waals surface area contributed by atoms with Gasteiger partial charge >= 0.3 is 12.0 Å². The minimum atomic E-state index is -0.909. The maximum absolute atomic E-state index is 12.7. The maximum atomic E-state index is 12.7.